The number of nitrogens with zero attached hydrogens (tertiary/aromatic N) is 2. The average Bonchev–Trinajstić information content (AvgIpc) is 2.99. The molecule has 21 heavy (non-hydrogen) atoms. The maximum absolute atomic E-state index is 12.3. The van der Waals surface area contributed by atoms with Gasteiger partial charge in [0.05, 0.1) is 13.7 Å². The molecule has 1 aromatic carbocycles. The summed E-state index contributed by atoms with van der Waals surface area (Å²) in [7, 11) is -2.38. The van der Waals surface area contributed by atoms with E-state index < -0.39 is 10.0 Å². The number of aliphatic hydroxyl groups is 1. The van der Waals surface area contributed by atoms with E-state index in [4.69, 9.17) is 14.4 Å². The fourth-order valence-electron chi connectivity index (χ4n) is 1.71. The summed E-state index contributed by atoms with van der Waals surface area (Å²) in [5.41, 5.74) is 0.480. The number of aromatic nitrogens is 2. The van der Waals surface area contributed by atoms with Crippen molar-refractivity contribution < 1.29 is 22.8 Å². The van der Waals surface area contributed by atoms with Gasteiger partial charge in [-0.2, -0.15) is 4.98 Å². The highest BCUT2D eigenvalue weighted by atomic mass is 32.2. The minimum absolute atomic E-state index is 0.0259. The van der Waals surface area contributed by atoms with Crippen molar-refractivity contribution in [3.63, 3.8) is 0 Å². The van der Waals surface area contributed by atoms with Crippen LogP contribution in [0.25, 0.3) is 0 Å². The minimum atomic E-state index is -3.76. The van der Waals surface area contributed by atoms with E-state index in [9.17, 15) is 8.42 Å². The van der Waals surface area contributed by atoms with Crippen LogP contribution in [0, 0.1) is 0 Å². The number of methoxy groups -OCH3 is 1. The second-order valence-electron chi connectivity index (χ2n) is 4.13. The van der Waals surface area contributed by atoms with E-state index in [-0.39, 0.29) is 30.2 Å². The van der Waals surface area contributed by atoms with Gasteiger partial charge in [0.25, 0.3) is 0 Å². The van der Waals surface area contributed by atoms with E-state index in [1.54, 1.807) is 6.07 Å². The summed E-state index contributed by atoms with van der Waals surface area (Å²) in [6.07, 6.45) is 1.53. The lowest BCUT2D eigenvalue weighted by Crippen LogP contribution is -2.26. The van der Waals surface area contributed by atoms with Crippen LogP contribution in [-0.4, -0.2) is 37.3 Å². The molecule has 0 bridgehead atoms. The van der Waals surface area contributed by atoms with E-state index in [2.05, 4.69) is 14.9 Å². The molecule has 0 spiro atoms. The Balaban J connectivity index is 2.14. The van der Waals surface area contributed by atoms with Crippen molar-refractivity contribution in [3.05, 3.63) is 36.0 Å². The Kier molecular flexibility index (Phi) is 4.89. The number of hydrogen-bond acceptors (Lipinski definition) is 7. The van der Waals surface area contributed by atoms with Crippen LogP contribution in [-0.2, 0) is 23.1 Å². The van der Waals surface area contributed by atoms with Gasteiger partial charge in [0.1, 0.15) is 10.6 Å². The van der Waals surface area contributed by atoms with Gasteiger partial charge in [-0.15, -0.1) is 0 Å². The molecule has 1 heterocycles. The second kappa shape index (κ2) is 6.66. The smallest absolute Gasteiger partial charge is 0.244 e. The van der Waals surface area contributed by atoms with Gasteiger partial charge in [-0.1, -0.05) is 11.2 Å². The van der Waals surface area contributed by atoms with Gasteiger partial charge < -0.3 is 14.4 Å². The normalized spacial score (nSPS) is 11.5. The van der Waals surface area contributed by atoms with Crippen molar-refractivity contribution >= 4 is 10.0 Å². The van der Waals surface area contributed by atoms with Crippen LogP contribution >= 0.6 is 0 Å². The quantitative estimate of drug-likeness (QED) is 0.744. The van der Waals surface area contributed by atoms with Crippen LogP contribution in [0.4, 0.5) is 0 Å². The SMILES string of the molecule is COc1ccc(CO)cc1S(=O)(=O)NCCc1ncno1. The Morgan fingerprint density at radius 2 is 2.24 bits per heavy atom. The van der Waals surface area contributed by atoms with Crippen molar-refractivity contribution in [1.82, 2.24) is 14.9 Å². The summed E-state index contributed by atoms with van der Waals surface area (Å²) in [5, 5.41) is 12.5. The van der Waals surface area contributed by atoms with Gasteiger partial charge in [0, 0.05) is 13.0 Å². The van der Waals surface area contributed by atoms with Crippen molar-refractivity contribution in [2.75, 3.05) is 13.7 Å². The molecule has 2 aromatic rings. The Morgan fingerprint density at radius 3 is 2.86 bits per heavy atom. The zero-order chi connectivity index (χ0) is 15.3. The zero-order valence-electron chi connectivity index (χ0n) is 11.3. The first-order chi connectivity index (χ1) is 10.1. The van der Waals surface area contributed by atoms with Crippen molar-refractivity contribution in [1.29, 1.82) is 0 Å². The van der Waals surface area contributed by atoms with Gasteiger partial charge >= 0.3 is 0 Å². The van der Waals surface area contributed by atoms with E-state index >= 15 is 0 Å². The molecule has 0 saturated carbocycles. The molecule has 2 N–H and O–H groups in total. The lowest BCUT2D eigenvalue weighted by atomic mass is 10.2. The molecule has 0 aliphatic rings. The molecule has 1 aromatic heterocycles. The largest absolute Gasteiger partial charge is 0.495 e. The summed E-state index contributed by atoms with van der Waals surface area (Å²) in [5.74, 6) is 0.547. The standard InChI is InChI=1S/C12H15N3O5S/c1-19-10-3-2-9(7-16)6-11(10)21(17,18)15-5-4-12-13-8-14-20-12/h2-3,6,8,15-16H,4-5,7H2,1H3. The van der Waals surface area contributed by atoms with Crippen LogP contribution in [0.15, 0.2) is 33.9 Å². The summed E-state index contributed by atoms with van der Waals surface area (Å²) >= 11 is 0. The molecule has 2 rings (SSSR count). The third kappa shape index (κ3) is 3.78. The van der Waals surface area contributed by atoms with Crippen molar-refractivity contribution in [3.8, 4) is 5.75 Å². The van der Waals surface area contributed by atoms with Crippen LogP contribution in [0.5, 0.6) is 5.75 Å². The van der Waals surface area contributed by atoms with Crippen LogP contribution in [0.2, 0.25) is 0 Å². The van der Waals surface area contributed by atoms with Gasteiger partial charge in [-0.05, 0) is 17.7 Å². The number of ether oxygens (including phenoxy) is 1. The molecule has 0 saturated heterocycles. The number of aliphatic hydroxyl groups excluding tert-OH is 1. The number of benzene rings is 1. The number of hydrogen-bond donors (Lipinski definition) is 2. The predicted molar refractivity (Wildman–Crippen MR) is 72.1 cm³/mol. The van der Waals surface area contributed by atoms with Crippen molar-refractivity contribution in [2.24, 2.45) is 0 Å². The number of sulfonamides is 1. The zero-order valence-corrected chi connectivity index (χ0v) is 12.1. The maximum atomic E-state index is 12.3. The Morgan fingerprint density at radius 1 is 1.43 bits per heavy atom. The van der Waals surface area contributed by atoms with Gasteiger partial charge in [0.2, 0.25) is 15.9 Å². The highest BCUT2D eigenvalue weighted by Gasteiger charge is 2.20. The van der Waals surface area contributed by atoms with E-state index in [0.29, 0.717) is 11.5 Å². The third-order valence-electron chi connectivity index (χ3n) is 2.74. The highest BCUT2D eigenvalue weighted by Crippen LogP contribution is 2.24. The van der Waals surface area contributed by atoms with E-state index in [0.717, 1.165) is 0 Å². The van der Waals surface area contributed by atoms with Crippen LogP contribution in [0.3, 0.4) is 0 Å². The fraction of sp³-hybridized carbons (Fsp3) is 0.333. The summed E-state index contributed by atoms with van der Waals surface area (Å²) in [4.78, 5) is 3.77. The predicted octanol–water partition coefficient (Wildman–Crippen LogP) is 0.0915. The first-order valence-electron chi connectivity index (χ1n) is 6.10. The maximum Gasteiger partial charge on any atom is 0.244 e. The van der Waals surface area contributed by atoms with Crippen LogP contribution < -0.4 is 9.46 Å². The molecule has 0 unspecified atom stereocenters. The first kappa shape index (κ1) is 15.4. The van der Waals surface area contributed by atoms with Gasteiger partial charge in [0.15, 0.2) is 6.33 Å². The summed E-state index contributed by atoms with van der Waals surface area (Å²) < 4.78 is 36.8. The molecule has 9 heteroatoms. The summed E-state index contributed by atoms with van der Waals surface area (Å²) in [6.45, 7) is -0.147. The molecular formula is C12H15N3O5S. The lowest BCUT2D eigenvalue weighted by molar-refractivity contribution is 0.281. The lowest BCUT2D eigenvalue weighted by Gasteiger charge is -2.11. The molecular weight excluding hydrogens is 298 g/mol. The molecule has 8 nitrogen and oxygen atoms in total. The van der Waals surface area contributed by atoms with E-state index in [1.165, 1.54) is 25.6 Å². The average molecular weight is 313 g/mol. The molecule has 0 aliphatic carbocycles. The van der Waals surface area contributed by atoms with Gasteiger partial charge in [-0.3, -0.25) is 0 Å². The molecule has 0 atom stereocenters. The monoisotopic (exact) mass is 313 g/mol. The summed E-state index contributed by atoms with van der Waals surface area (Å²) in [6, 6.07) is 4.46. The van der Waals surface area contributed by atoms with Crippen molar-refractivity contribution in [2.45, 2.75) is 17.9 Å². The van der Waals surface area contributed by atoms with Gasteiger partial charge in [-0.25, -0.2) is 13.1 Å². The molecule has 0 radical (unpaired) electrons. The number of rotatable bonds is 7. The van der Waals surface area contributed by atoms with E-state index in [1.807, 2.05) is 0 Å². The highest BCUT2D eigenvalue weighted by molar-refractivity contribution is 7.89. The topological polar surface area (TPSA) is 115 Å². The van der Waals surface area contributed by atoms with Crippen LogP contribution in [0.1, 0.15) is 11.5 Å². The Labute approximate surface area is 121 Å². The third-order valence-corrected chi connectivity index (χ3v) is 4.22. The fourth-order valence-corrected chi connectivity index (χ4v) is 2.95. The first-order valence-corrected chi connectivity index (χ1v) is 7.58. The number of nitrogens with one attached hydrogen (secondary N) is 1. The second-order valence-corrected chi connectivity index (χ2v) is 5.86. The molecule has 114 valence electrons. The molecule has 0 amide bonds. The molecule has 0 fully saturated rings. The Bertz CT molecular complexity index is 685. The Hall–Kier alpha value is -1.97. The minimum Gasteiger partial charge on any atom is -0.495 e. The molecule has 0 aliphatic heterocycles.